The molecule has 0 aliphatic rings. The minimum absolute atomic E-state index is 0.0395. The summed E-state index contributed by atoms with van der Waals surface area (Å²) in [4.78, 5) is 12.6. The van der Waals surface area contributed by atoms with Crippen molar-refractivity contribution < 1.29 is 26.3 Å². The standard InChI is InChI=1S/C20H19F3N6O3S/c1-32-10-2-3-14-6-9-16-17(27-14)18(26-12-20(21,22)23)29-19(28-16)25-11-13-4-7-15(8-5-13)33(24,30)31/h4-9H,10-12H2,1H3,(H2,24,30,31)(H2,25,26,28,29). The zero-order chi connectivity index (χ0) is 24.1. The van der Waals surface area contributed by atoms with Crippen LogP contribution in [0.4, 0.5) is 24.9 Å². The van der Waals surface area contributed by atoms with Crippen LogP contribution in [0.15, 0.2) is 41.3 Å². The Hall–Kier alpha value is -3.47. The van der Waals surface area contributed by atoms with Gasteiger partial charge in [0.15, 0.2) is 5.82 Å². The first-order valence-electron chi connectivity index (χ1n) is 9.38. The Kier molecular flexibility index (Phi) is 7.32. The van der Waals surface area contributed by atoms with E-state index in [0.717, 1.165) is 0 Å². The van der Waals surface area contributed by atoms with Gasteiger partial charge in [-0.15, -0.1) is 0 Å². The van der Waals surface area contributed by atoms with Gasteiger partial charge < -0.3 is 15.4 Å². The number of nitrogens with one attached hydrogen (secondary N) is 2. The molecule has 1 aromatic carbocycles. The van der Waals surface area contributed by atoms with Crippen LogP contribution < -0.4 is 15.8 Å². The first kappa shape index (κ1) is 24.2. The van der Waals surface area contributed by atoms with Crippen LogP contribution in [-0.4, -0.2) is 49.8 Å². The zero-order valence-electron chi connectivity index (χ0n) is 17.3. The molecule has 0 unspecified atom stereocenters. The fourth-order valence-electron chi connectivity index (χ4n) is 2.65. The highest BCUT2D eigenvalue weighted by Crippen LogP contribution is 2.23. The van der Waals surface area contributed by atoms with Crippen molar-refractivity contribution in [1.29, 1.82) is 0 Å². The Morgan fingerprint density at radius 3 is 2.42 bits per heavy atom. The lowest BCUT2D eigenvalue weighted by molar-refractivity contribution is -0.115. The van der Waals surface area contributed by atoms with E-state index in [1.54, 1.807) is 24.3 Å². The number of pyridine rings is 1. The number of ether oxygens (including phenoxy) is 1. The largest absolute Gasteiger partial charge is 0.405 e. The van der Waals surface area contributed by atoms with Gasteiger partial charge in [-0.05, 0) is 35.7 Å². The summed E-state index contributed by atoms with van der Waals surface area (Å²) in [7, 11) is -2.33. The second-order valence-corrected chi connectivity index (χ2v) is 8.27. The van der Waals surface area contributed by atoms with Gasteiger partial charge in [0, 0.05) is 13.7 Å². The van der Waals surface area contributed by atoms with E-state index in [0.29, 0.717) is 16.8 Å². The predicted octanol–water partition coefficient (Wildman–Crippen LogP) is 2.26. The van der Waals surface area contributed by atoms with Crippen molar-refractivity contribution in [2.24, 2.45) is 5.14 Å². The number of rotatable bonds is 7. The van der Waals surface area contributed by atoms with Crippen molar-refractivity contribution in [3.05, 3.63) is 47.7 Å². The van der Waals surface area contributed by atoms with Crippen LogP contribution in [0.3, 0.4) is 0 Å². The van der Waals surface area contributed by atoms with E-state index in [1.165, 1.54) is 19.2 Å². The SMILES string of the molecule is COCC#Cc1ccc2nc(NCc3ccc(S(N)(=O)=O)cc3)nc(NCC(F)(F)F)c2n1. The molecule has 3 rings (SSSR count). The number of sulfonamides is 1. The maximum atomic E-state index is 12.8. The van der Waals surface area contributed by atoms with Crippen LogP contribution in [0, 0.1) is 11.8 Å². The van der Waals surface area contributed by atoms with Crippen LogP contribution in [-0.2, 0) is 21.3 Å². The first-order valence-corrected chi connectivity index (χ1v) is 10.9. The van der Waals surface area contributed by atoms with Gasteiger partial charge in [-0.3, -0.25) is 0 Å². The topological polar surface area (TPSA) is 132 Å². The summed E-state index contributed by atoms with van der Waals surface area (Å²) in [5, 5.41) is 10.2. The summed E-state index contributed by atoms with van der Waals surface area (Å²) in [5.74, 6) is 5.42. The Bertz CT molecular complexity index is 1300. The van der Waals surface area contributed by atoms with Gasteiger partial charge in [0.1, 0.15) is 24.4 Å². The number of primary sulfonamides is 1. The van der Waals surface area contributed by atoms with Gasteiger partial charge in [-0.25, -0.2) is 23.5 Å². The molecule has 3 aromatic rings. The fraction of sp³-hybridized carbons (Fsp3) is 0.250. The number of hydrogen-bond acceptors (Lipinski definition) is 8. The number of nitrogens with zero attached hydrogens (tertiary/aromatic N) is 3. The smallest absolute Gasteiger partial charge is 0.372 e. The quantitative estimate of drug-likeness (QED) is 0.439. The number of methoxy groups -OCH3 is 1. The molecule has 0 fully saturated rings. The minimum Gasteiger partial charge on any atom is -0.372 e. The van der Waals surface area contributed by atoms with Crippen LogP contribution >= 0.6 is 0 Å². The van der Waals surface area contributed by atoms with Gasteiger partial charge in [0.05, 0.1) is 10.4 Å². The molecule has 174 valence electrons. The molecular weight excluding hydrogens is 461 g/mol. The molecule has 2 aromatic heterocycles. The van der Waals surface area contributed by atoms with E-state index in [4.69, 9.17) is 9.88 Å². The Morgan fingerprint density at radius 1 is 1.06 bits per heavy atom. The molecule has 4 N–H and O–H groups in total. The third-order valence-electron chi connectivity index (χ3n) is 4.13. The molecular formula is C20H19F3N6O3S. The van der Waals surface area contributed by atoms with E-state index in [-0.39, 0.29) is 35.3 Å². The third-order valence-corrected chi connectivity index (χ3v) is 5.06. The van der Waals surface area contributed by atoms with Gasteiger partial charge in [0.25, 0.3) is 0 Å². The second-order valence-electron chi connectivity index (χ2n) is 6.71. The van der Waals surface area contributed by atoms with Gasteiger partial charge in [-0.1, -0.05) is 18.1 Å². The molecule has 0 amide bonds. The number of hydrogen-bond donors (Lipinski definition) is 3. The molecule has 0 spiro atoms. The molecule has 0 aliphatic carbocycles. The first-order chi connectivity index (χ1) is 15.5. The molecule has 0 saturated carbocycles. The maximum absolute atomic E-state index is 12.8. The number of anilines is 2. The van der Waals surface area contributed by atoms with Crippen molar-refractivity contribution in [2.75, 3.05) is 30.9 Å². The Morgan fingerprint density at radius 2 is 1.79 bits per heavy atom. The minimum atomic E-state index is -4.47. The summed E-state index contributed by atoms with van der Waals surface area (Å²) in [6.45, 7) is -0.950. The number of fused-ring (bicyclic) bond motifs is 1. The molecule has 0 aliphatic heterocycles. The fourth-order valence-corrected chi connectivity index (χ4v) is 3.16. The summed E-state index contributed by atoms with van der Waals surface area (Å²) in [5.41, 5.74) is 1.44. The maximum Gasteiger partial charge on any atom is 0.405 e. The summed E-state index contributed by atoms with van der Waals surface area (Å²) in [6, 6.07) is 8.94. The second kappa shape index (κ2) is 9.99. The molecule has 9 nitrogen and oxygen atoms in total. The number of nitrogens with two attached hydrogens (primary N) is 1. The van der Waals surface area contributed by atoms with E-state index in [1.807, 2.05) is 0 Å². The number of halogens is 3. The Labute approximate surface area is 187 Å². The van der Waals surface area contributed by atoms with Crippen molar-refractivity contribution in [2.45, 2.75) is 17.6 Å². The highest BCUT2D eigenvalue weighted by Gasteiger charge is 2.27. The van der Waals surface area contributed by atoms with Gasteiger partial charge in [0.2, 0.25) is 16.0 Å². The van der Waals surface area contributed by atoms with E-state index < -0.39 is 22.7 Å². The number of alkyl halides is 3. The summed E-state index contributed by atoms with van der Waals surface area (Å²) < 4.78 is 65.9. The average Bonchev–Trinajstić information content (AvgIpc) is 2.75. The van der Waals surface area contributed by atoms with Gasteiger partial charge in [-0.2, -0.15) is 18.2 Å². The van der Waals surface area contributed by atoms with Crippen LogP contribution in [0.5, 0.6) is 0 Å². The van der Waals surface area contributed by atoms with Crippen molar-refractivity contribution in [3.8, 4) is 11.8 Å². The monoisotopic (exact) mass is 480 g/mol. The molecule has 2 heterocycles. The van der Waals surface area contributed by atoms with E-state index in [9.17, 15) is 21.6 Å². The van der Waals surface area contributed by atoms with Crippen molar-refractivity contribution >= 4 is 32.8 Å². The van der Waals surface area contributed by atoms with Crippen LogP contribution in [0.1, 0.15) is 11.3 Å². The normalized spacial score (nSPS) is 11.7. The van der Waals surface area contributed by atoms with Gasteiger partial charge >= 0.3 is 6.18 Å². The summed E-state index contributed by atoms with van der Waals surface area (Å²) >= 11 is 0. The van der Waals surface area contributed by atoms with E-state index >= 15 is 0 Å². The third kappa shape index (κ3) is 7.01. The predicted molar refractivity (Wildman–Crippen MR) is 116 cm³/mol. The lowest BCUT2D eigenvalue weighted by Gasteiger charge is -2.13. The lowest BCUT2D eigenvalue weighted by atomic mass is 10.2. The molecule has 0 atom stereocenters. The van der Waals surface area contributed by atoms with Crippen molar-refractivity contribution in [1.82, 2.24) is 15.0 Å². The molecule has 33 heavy (non-hydrogen) atoms. The Balaban J connectivity index is 1.88. The summed E-state index contributed by atoms with van der Waals surface area (Å²) in [6.07, 6.45) is -4.47. The average molecular weight is 480 g/mol. The molecule has 0 saturated heterocycles. The molecule has 0 bridgehead atoms. The van der Waals surface area contributed by atoms with E-state index in [2.05, 4.69) is 37.4 Å². The van der Waals surface area contributed by atoms with Crippen molar-refractivity contribution in [3.63, 3.8) is 0 Å². The lowest BCUT2D eigenvalue weighted by Crippen LogP contribution is -2.22. The highest BCUT2D eigenvalue weighted by molar-refractivity contribution is 7.89. The number of benzene rings is 1. The zero-order valence-corrected chi connectivity index (χ0v) is 18.1. The molecule has 13 heteroatoms. The molecule has 0 radical (unpaired) electrons. The number of aromatic nitrogens is 3. The van der Waals surface area contributed by atoms with Crippen LogP contribution in [0.25, 0.3) is 11.0 Å². The highest BCUT2D eigenvalue weighted by atomic mass is 32.2. The van der Waals surface area contributed by atoms with Crippen LogP contribution in [0.2, 0.25) is 0 Å².